The smallest absolute Gasteiger partial charge is 0.394 e. The fourth-order valence-electron chi connectivity index (χ4n) is 2.27. The molecular weight excluding hydrogens is 426 g/mol. The maximum Gasteiger partial charge on any atom is 0.466 e. The largest absolute Gasteiger partial charge is 0.466 e. The minimum atomic E-state index is -4.83. The zero-order chi connectivity index (χ0) is 20.6. The van der Waals surface area contributed by atoms with Gasteiger partial charge in [-0.3, -0.25) is 8.76 Å². The Morgan fingerprint density at radius 1 is 1.19 bits per heavy atom. The maximum atomic E-state index is 11.0. The van der Waals surface area contributed by atoms with Crippen molar-refractivity contribution in [3.63, 3.8) is 0 Å². The van der Waals surface area contributed by atoms with E-state index in [1.54, 1.807) is 6.26 Å². The molecule has 1 aliphatic heterocycles. The summed E-state index contributed by atoms with van der Waals surface area (Å²) >= 11 is 0.739. The summed E-state index contributed by atoms with van der Waals surface area (Å²) in [4.78, 5) is 0. The second kappa shape index (κ2) is 11.6. The van der Waals surface area contributed by atoms with Crippen LogP contribution in [-0.2, 0) is 30.2 Å². The number of ether oxygens (including phenoxy) is 1. The Labute approximate surface area is 164 Å². The molecule has 27 heavy (non-hydrogen) atoms. The van der Waals surface area contributed by atoms with Gasteiger partial charge in [0.25, 0.3) is 0 Å². The van der Waals surface area contributed by atoms with Crippen LogP contribution in [0.2, 0.25) is 0 Å². The van der Waals surface area contributed by atoms with Gasteiger partial charge in [0.05, 0.1) is 6.61 Å². The molecule has 1 unspecified atom stereocenters. The van der Waals surface area contributed by atoms with Crippen molar-refractivity contribution in [2.75, 3.05) is 18.6 Å². The first-order valence-electron chi connectivity index (χ1n) is 8.05. The Hall–Kier alpha value is -0.320. The Morgan fingerprint density at radius 3 is 2.41 bits per heavy atom. The average molecular weight is 452 g/mol. The number of aliphatic hydroxyl groups excluding tert-OH is 4. The summed E-state index contributed by atoms with van der Waals surface area (Å²) in [5, 5.41) is 42.2. The monoisotopic (exact) mass is 451 g/mol. The van der Waals surface area contributed by atoms with Crippen molar-refractivity contribution in [2.45, 2.75) is 55.5 Å². The number of oxime groups is 1. The van der Waals surface area contributed by atoms with Crippen LogP contribution in [0.4, 0.5) is 0 Å². The summed E-state index contributed by atoms with van der Waals surface area (Å²) in [5.74, 6) is 0.522. The van der Waals surface area contributed by atoms with Gasteiger partial charge in [-0.2, -0.15) is 8.42 Å². The average Bonchev–Trinajstić information content (AvgIpc) is 2.58. The second-order valence-corrected chi connectivity index (χ2v) is 9.62. The van der Waals surface area contributed by atoms with E-state index in [1.165, 1.54) is 0 Å². The normalized spacial score (nSPS) is 30.9. The standard InChI is InChI=1S/C13H25NO10S3/c1-26(19)6-4-2-3-5-9(14-24-27(20,21)22)25-13-12(18)11(17)10(16)8(7-15)23-13/h8,10-13,15-18H,2-7H2,1H3,(H,20,21,22)/b14-9+/t8-,10-,11+,12-,13+,26?/m1/s1. The highest BCUT2D eigenvalue weighted by Crippen LogP contribution is 2.30. The van der Waals surface area contributed by atoms with Crippen molar-refractivity contribution in [3.05, 3.63) is 0 Å². The van der Waals surface area contributed by atoms with Crippen LogP contribution in [0.15, 0.2) is 5.16 Å². The number of aliphatic hydroxyl groups is 4. The second-order valence-electron chi connectivity index (χ2n) is 5.89. The molecule has 0 aromatic carbocycles. The van der Waals surface area contributed by atoms with Gasteiger partial charge in [-0.15, -0.1) is 0 Å². The molecule has 1 heterocycles. The first kappa shape index (κ1) is 24.7. The van der Waals surface area contributed by atoms with E-state index < -0.39 is 57.7 Å². The van der Waals surface area contributed by atoms with Crippen molar-refractivity contribution in [1.82, 2.24) is 0 Å². The van der Waals surface area contributed by atoms with E-state index in [2.05, 4.69) is 9.44 Å². The molecule has 1 rings (SSSR count). The number of hydrogen-bond acceptors (Lipinski definition) is 11. The minimum Gasteiger partial charge on any atom is -0.394 e. The molecule has 1 fully saturated rings. The van der Waals surface area contributed by atoms with Crippen LogP contribution < -0.4 is 0 Å². The van der Waals surface area contributed by atoms with Crippen LogP contribution in [0.1, 0.15) is 25.7 Å². The molecule has 0 bridgehead atoms. The lowest BCUT2D eigenvalue weighted by molar-refractivity contribution is -0.205. The van der Waals surface area contributed by atoms with Gasteiger partial charge < -0.3 is 25.2 Å². The molecule has 0 saturated carbocycles. The molecule has 0 spiro atoms. The van der Waals surface area contributed by atoms with Crippen LogP contribution in [-0.4, -0.2) is 91.1 Å². The van der Waals surface area contributed by atoms with Crippen molar-refractivity contribution < 1.29 is 46.6 Å². The molecule has 0 radical (unpaired) electrons. The van der Waals surface area contributed by atoms with Gasteiger partial charge in [0.2, 0.25) is 0 Å². The van der Waals surface area contributed by atoms with E-state index in [4.69, 9.17) is 9.29 Å². The van der Waals surface area contributed by atoms with Crippen LogP contribution in [0.3, 0.4) is 0 Å². The molecule has 160 valence electrons. The third-order valence-corrected chi connectivity index (χ3v) is 5.96. The van der Waals surface area contributed by atoms with Crippen LogP contribution in [0, 0.1) is 0 Å². The summed E-state index contributed by atoms with van der Waals surface area (Å²) in [6.45, 7) is -0.607. The zero-order valence-corrected chi connectivity index (χ0v) is 17.0. The molecule has 1 aliphatic rings. The fourth-order valence-corrected chi connectivity index (χ4v) is 4.22. The number of unbranched alkanes of at least 4 members (excludes halogenated alkanes) is 2. The van der Waals surface area contributed by atoms with Crippen LogP contribution >= 0.6 is 11.8 Å². The summed E-state index contributed by atoms with van der Waals surface area (Å²) in [6.07, 6.45) is -2.11. The third kappa shape index (κ3) is 9.15. The van der Waals surface area contributed by atoms with E-state index in [0.29, 0.717) is 25.0 Å². The highest BCUT2D eigenvalue weighted by atomic mass is 32.3. The number of nitrogens with zero attached hydrogens (tertiary/aromatic N) is 1. The molecule has 0 aliphatic carbocycles. The molecular formula is C13H25NO10S3. The fraction of sp³-hybridized carbons (Fsp3) is 0.923. The number of thioether (sulfide) groups is 1. The lowest BCUT2D eigenvalue weighted by Crippen LogP contribution is -2.57. The van der Waals surface area contributed by atoms with E-state index in [-0.39, 0.29) is 11.5 Å². The summed E-state index contributed by atoms with van der Waals surface area (Å²) in [5.41, 5.74) is -1.16. The SMILES string of the molecule is CS(=O)CCCCC/C(=N\OS(=O)(=O)O)S[C@@H]1O[C@H](CO)[C@@H](O)[C@H](O)[C@H]1O. The summed E-state index contributed by atoms with van der Waals surface area (Å²) in [6, 6.07) is 0. The first-order chi connectivity index (χ1) is 12.5. The van der Waals surface area contributed by atoms with Gasteiger partial charge in [-0.25, -0.2) is 4.28 Å². The van der Waals surface area contributed by atoms with Gasteiger partial charge in [0.15, 0.2) is 0 Å². The van der Waals surface area contributed by atoms with E-state index >= 15 is 0 Å². The molecule has 0 aromatic heterocycles. The molecule has 6 atom stereocenters. The summed E-state index contributed by atoms with van der Waals surface area (Å²) in [7, 11) is -5.75. The lowest BCUT2D eigenvalue weighted by atomic mass is 10.0. The predicted molar refractivity (Wildman–Crippen MR) is 98.8 cm³/mol. The Bertz CT molecular complexity index is 611. The van der Waals surface area contributed by atoms with Gasteiger partial charge in [0, 0.05) is 22.8 Å². The Kier molecular flexibility index (Phi) is 10.6. The minimum absolute atomic E-state index is 0.0505. The highest BCUT2D eigenvalue weighted by molar-refractivity contribution is 8.14. The third-order valence-electron chi connectivity index (χ3n) is 3.66. The Balaban J connectivity index is 2.75. The van der Waals surface area contributed by atoms with Gasteiger partial charge >= 0.3 is 10.4 Å². The van der Waals surface area contributed by atoms with Crippen molar-refractivity contribution in [3.8, 4) is 0 Å². The van der Waals surface area contributed by atoms with E-state index in [9.17, 15) is 33.1 Å². The topological polar surface area (TPSA) is 183 Å². The van der Waals surface area contributed by atoms with Crippen LogP contribution in [0.25, 0.3) is 0 Å². The molecule has 11 nitrogen and oxygen atoms in total. The maximum absolute atomic E-state index is 11.0. The molecule has 5 N–H and O–H groups in total. The van der Waals surface area contributed by atoms with Crippen molar-refractivity contribution in [2.24, 2.45) is 5.16 Å². The molecule has 14 heteroatoms. The summed E-state index contributed by atoms with van der Waals surface area (Å²) < 4.78 is 50.5. The molecule has 0 aromatic rings. The van der Waals surface area contributed by atoms with Gasteiger partial charge in [0.1, 0.15) is 34.9 Å². The quantitative estimate of drug-likeness (QED) is 0.0864. The lowest BCUT2D eigenvalue weighted by Gasteiger charge is -2.39. The molecule has 0 amide bonds. The van der Waals surface area contributed by atoms with Crippen LogP contribution in [0.5, 0.6) is 0 Å². The predicted octanol–water partition coefficient (Wildman–Crippen LogP) is -1.41. The van der Waals surface area contributed by atoms with E-state index in [1.807, 2.05) is 0 Å². The van der Waals surface area contributed by atoms with E-state index in [0.717, 1.165) is 11.8 Å². The number of hydrogen-bond donors (Lipinski definition) is 5. The number of rotatable bonds is 10. The molecule has 1 saturated heterocycles. The zero-order valence-electron chi connectivity index (χ0n) is 14.6. The van der Waals surface area contributed by atoms with Crippen molar-refractivity contribution in [1.29, 1.82) is 0 Å². The first-order valence-corrected chi connectivity index (χ1v) is 12.0. The van der Waals surface area contributed by atoms with Gasteiger partial charge in [-0.1, -0.05) is 23.3 Å². The highest BCUT2D eigenvalue weighted by Gasteiger charge is 2.44. The Morgan fingerprint density at radius 2 is 1.85 bits per heavy atom. The van der Waals surface area contributed by atoms with Gasteiger partial charge in [-0.05, 0) is 19.3 Å². The van der Waals surface area contributed by atoms with Crippen molar-refractivity contribution >= 4 is 38.0 Å².